The minimum absolute atomic E-state index is 0.153. The van der Waals surface area contributed by atoms with Gasteiger partial charge in [0.05, 0.1) is 32.7 Å². The molecule has 0 spiro atoms. The van der Waals surface area contributed by atoms with Crippen molar-refractivity contribution in [2.45, 2.75) is 6.42 Å². The SMILES string of the molecule is COc1ccc(Cc2c(F)cc(N)c(N)c2OC)c(OC)c1. The molecule has 0 bridgehead atoms. The van der Waals surface area contributed by atoms with Gasteiger partial charge in [0.15, 0.2) is 0 Å². The van der Waals surface area contributed by atoms with Crippen LogP contribution in [0.5, 0.6) is 17.2 Å². The maximum atomic E-state index is 14.3. The predicted molar refractivity (Wildman–Crippen MR) is 84.1 cm³/mol. The Hall–Kier alpha value is -2.63. The van der Waals surface area contributed by atoms with Gasteiger partial charge in [0.2, 0.25) is 0 Å². The molecular formula is C16H19FN2O3. The summed E-state index contributed by atoms with van der Waals surface area (Å²) in [6.45, 7) is 0. The fraction of sp³-hybridized carbons (Fsp3) is 0.250. The number of nitrogen functional groups attached to an aromatic ring is 2. The summed E-state index contributed by atoms with van der Waals surface area (Å²) >= 11 is 0. The Labute approximate surface area is 128 Å². The predicted octanol–water partition coefficient (Wildman–Crippen LogP) is 2.61. The molecule has 0 saturated heterocycles. The van der Waals surface area contributed by atoms with Gasteiger partial charge < -0.3 is 25.7 Å². The normalized spacial score (nSPS) is 10.4. The standard InChI is InChI=1S/C16H19FN2O3/c1-20-10-5-4-9(14(7-10)21-2)6-11-12(17)8-13(18)15(19)16(11)22-3/h4-5,7-8H,6,18-19H2,1-3H3. The summed E-state index contributed by atoms with van der Waals surface area (Å²) in [5.74, 6) is 1.03. The van der Waals surface area contributed by atoms with Gasteiger partial charge in [0, 0.05) is 18.1 Å². The molecule has 2 rings (SSSR count). The van der Waals surface area contributed by atoms with E-state index in [4.69, 9.17) is 25.7 Å². The monoisotopic (exact) mass is 306 g/mol. The molecule has 0 radical (unpaired) electrons. The molecule has 0 fully saturated rings. The number of ether oxygens (including phenoxy) is 3. The molecule has 0 aliphatic carbocycles. The lowest BCUT2D eigenvalue weighted by molar-refractivity contribution is 0.390. The molecule has 2 aromatic carbocycles. The van der Waals surface area contributed by atoms with Crippen LogP contribution in [-0.2, 0) is 6.42 Å². The molecule has 0 aliphatic heterocycles. The first-order chi connectivity index (χ1) is 10.5. The largest absolute Gasteiger partial charge is 0.497 e. The van der Waals surface area contributed by atoms with Crippen molar-refractivity contribution in [2.24, 2.45) is 0 Å². The van der Waals surface area contributed by atoms with Gasteiger partial charge in [-0.1, -0.05) is 6.07 Å². The molecule has 22 heavy (non-hydrogen) atoms. The highest BCUT2D eigenvalue weighted by Crippen LogP contribution is 2.37. The average Bonchev–Trinajstić information content (AvgIpc) is 2.53. The maximum Gasteiger partial charge on any atom is 0.150 e. The molecule has 2 aromatic rings. The Morgan fingerprint density at radius 2 is 1.73 bits per heavy atom. The van der Waals surface area contributed by atoms with E-state index in [2.05, 4.69) is 0 Å². The molecular weight excluding hydrogens is 287 g/mol. The number of halogens is 1. The van der Waals surface area contributed by atoms with Crippen LogP contribution in [0.1, 0.15) is 11.1 Å². The van der Waals surface area contributed by atoms with Crippen molar-refractivity contribution in [1.82, 2.24) is 0 Å². The number of nitrogens with two attached hydrogens (primary N) is 2. The van der Waals surface area contributed by atoms with Crippen molar-refractivity contribution >= 4 is 11.4 Å². The molecule has 0 aliphatic rings. The van der Waals surface area contributed by atoms with Crippen molar-refractivity contribution in [3.8, 4) is 17.2 Å². The molecule has 0 atom stereocenters. The van der Waals surface area contributed by atoms with Crippen molar-refractivity contribution in [3.63, 3.8) is 0 Å². The number of anilines is 2. The van der Waals surface area contributed by atoms with Crippen LogP contribution in [0.25, 0.3) is 0 Å². The highest BCUT2D eigenvalue weighted by atomic mass is 19.1. The van der Waals surface area contributed by atoms with Crippen LogP contribution in [0.4, 0.5) is 15.8 Å². The van der Waals surface area contributed by atoms with Crippen LogP contribution in [0.3, 0.4) is 0 Å². The van der Waals surface area contributed by atoms with Crippen LogP contribution >= 0.6 is 0 Å². The average molecular weight is 306 g/mol. The second-order valence-corrected chi connectivity index (χ2v) is 4.73. The van der Waals surface area contributed by atoms with E-state index in [0.29, 0.717) is 17.1 Å². The second kappa shape index (κ2) is 6.43. The Kier molecular flexibility index (Phi) is 4.60. The lowest BCUT2D eigenvalue weighted by atomic mass is 10.0. The molecule has 118 valence electrons. The van der Waals surface area contributed by atoms with Crippen LogP contribution in [0.15, 0.2) is 24.3 Å². The van der Waals surface area contributed by atoms with Gasteiger partial charge in [-0.05, 0) is 17.7 Å². The van der Waals surface area contributed by atoms with Crippen LogP contribution < -0.4 is 25.7 Å². The third-order valence-corrected chi connectivity index (χ3v) is 3.47. The van der Waals surface area contributed by atoms with E-state index in [1.54, 1.807) is 26.4 Å². The zero-order valence-electron chi connectivity index (χ0n) is 12.8. The summed E-state index contributed by atoms with van der Waals surface area (Å²) in [6, 6.07) is 6.52. The van der Waals surface area contributed by atoms with Crippen molar-refractivity contribution in [3.05, 3.63) is 41.2 Å². The van der Waals surface area contributed by atoms with Gasteiger partial charge in [-0.2, -0.15) is 0 Å². The Bertz CT molecular complexity index is 690. The molecule has 6 heteroatoms. The quantitative estimate of drug-likeness (QED) is 0.830. The maximum absolute atomic E-state index is 14.3. The van der Waals surface area contributed by atoms with Crippen molar-refractivity contribution < 1.29 is 18.6 Å². The first-order valence-electron chi connectivity index (χ1n) is 6.63. The van der Waals surface area contributed by atoms with E-state index in [0.717, 1.165) is 5.56 Å². The summed E-state index contributed by atoms with van der Waals surface area (Å²) in [5, 5.41) is 0. The topological polar surface area (TPSA) is 79.7 Å². The van der Waals surface area contributed by atoms with Crippen LogP contribution in [0, 0.1) is 5.82 Å². The summed E-state index contributed by atoms with van der Waals surface area (Å²) in [5.41, 5.74) is 13.0. The van der Waals surface area contributed by atoms with Gasteiger partial charge in [-0.15, -0.1) is 0 Å². The Balaban J connectivity index is 2.49. The van der Waals surface area contributed by atoms with E-state index in [1.807, 2.05) is 6.07 Å². The number of benzene rings is 2. The smallest absolute Gasteiger partial charge is 0.150 e. The van der Waals surface area contributed by atoms with E-state index in [-0.39, 0.29) is 23.5 Å². The zero-order chi connectivity index (χ0) is 16.3. The molecule has 0 heterocycles. The highest BCUT2D eigenvalue weighted by molar-refractivity contribution is 5.73. The molecule has 0 aromatic heterocycles. The molecule has 0 unspecified atom stereocenters. The summed E-state index contributed by atoms with van der Waals surface area (Å²) in [7, 11) is 4.54. The number of hydrogen-bond donors (Lipinski definition) is 2. The van der Waals surface area contributed by atoms with Crippen molar-refractivity contribution in [2.75, 3.05) is 32.8 Å². The molecule has 4 N–H and O–H groups in total. The van der Waals surface area contributed by atoms with Gasteiger partial charge in [-0.3, -0.25) is 0 Å². The van der Waals surface area contributed by atoms with E-state index in [1.165, 1.54) is 13.2 Å². The number of rotatable bonds is 5. The summed E-state index contributed by atoms with van der Waals surface area (Å²) < 4.78 is 30.0. The van der Waals surface area contributed by atoms with E-state index >= 15 is 0 Å². The first kappa shape index (κ1) is 15.8. The molecule has 5 nitrogen and oxygen atoms in total. The second-order valence-electron chi connectivity index (χ2n) is 4.73. The minimum Gasteiger partial charge on any atom is -0.497 e. The Morgan fingerprint density at radius 3 is 2.32 bits per heavy atom. The lowest BCUT2D eigenvalue weighted by Gasteiger charge is -2.16. The van der Waals surface area contributed by atoms with E-state index < -0.39 is 5.82 Å². The Morgan fingerprint density at radius 1 is 1.00 bits per heavy atom. The minimum atomic E-state index is -0.471. The van der Waals surface area contributed by atoms with Gasteiger partial charge in [-0.25, -0.2) is 4.39 Å². The molecule has 0 saturated carbocycles. The highest BCUT2D eigenvalue weighted by Gasteiger charge is 2.18. The summed E-state index contributed by atoms with van der Waals surface area (Å²) in [6.07, 6.45) is 0.257. The lowest BCUT2D eigenvalue weighted by Crippen LogP contribution is -2.06. The fourth-order valence-corrected chi connectivity index (χ4v) is 2.29. The number of methoxy groups -OCH3 is 3. The fourth-order valence-electron chi connectivity index (χ4n) is 2.29. The van der Waals surface area contributed by atoms with Crippen LogP contribution in [0.2, 0.25) is 0 Å². The van der Waals surface area contributed by atoms with Gasteiger partial charge >= 0.3 is 0 Å². The first-order valence-corrected chi connectivity index (χ1v) is 6.63. The van der Waals surface area contributed by atoms with E-state index in [9.17, 15) is 4.39 Å². The number of hydrogen-bond acceptors (Lipinski definition) is 5. The summed E-state index contributed by atoms with van der Waals surface area (Å²) in [4.78, 5) is 0. The zero-order valence-corrected chi connectivity index (χ0v) is 12.8. The third-order valence-electron chi connectivity index (χ3n) is 3.47. The van der Waals surface area contributed by atoms with Crippen LogP contribution in [-0.4, -0.2) is 21.3 Å². The third kappa shape index (κ3) is 2.86. The van der Waals surface area contributed by atoms with Crippen molar-refractivity contribution in [1.29, 1.82) is 0 Å². The molecule has 0 amide bonds. The van der Waals surface area contributed by atoms with Gasteiger partial charge in [0.25, 0.3) is 0 Å². The van der Waals surface area contributed by atoms with Gasteiger partial charge in [0.1, 0.15) is 23.1 Å².